The van der Waals surface area contributed by atoms with Crippen LogP contribution >= 0.6 is 58.0 Å². The second-order valence-electron chi connectivity index (χ2n) is 23.3. The lowest BCUT2D eigenvalue weighted by molar-refractivity contribution is 0.414. The predicted molar refractivity (Wildman–Crippen MR) is 413 cm³/mol. The van der Waals surface area contributed by atoms with Crippen LogP contribution in [-0.4, -0.2) is 81.5 Å². The minimum atomic E-state index is 0.203. The molecule has 16 aromatic rings. The molecule has 9 heterocycles. The third-order valence-corrected chi connectivity index (χ3v) is 17.5. The highest BCUT2D eigenvalue weighted by Gasteiger charge is 2.23. The molecule has 0 spiro atoms. The molecule has 108 heavy (non-hydrogen) atoms. The number of halogens is 5. The number of pyridine rings is 3. The summed E-state index contributed by atoms with van der Waals surface area (Å²) in [6, 6.07) is 57.0. The van der Waals surface area contributed by atoms with Crippen molar-refractivity contribution in [2.24, 2.45) is 0 Å². The molecule has 0 aliphatic rings. The van der Waals surface area contributed by atoms with Crippen molar-refractivity contribution < 1.29 is 18.9 Å². The van der Waals surface area contributed by atoms with Gasteiger partial charge in [0.2, 0.25) is 17.8 Å². The second-order valence-corrected chi connectivity index (χ2v) is 25.3. The molecule has 30 heteroatoms. The monoisotopic (exact) mass is 1520 g/mol. The molecule has 9 aromatic heterocycles. The number of nitrogens with zero attached hydrogens (tertiary/aromatic N) is 16. The van der Waals surface area contributed by atoms with E-state index in [4.69, 9.17) is 92.7 Å². The van der Waals surface area contributed by atoms with Crippen molar-refractivity contribution in [2.75, 3.05) is 23.1 Å². The summed E-state index contributed by atoms with van der Waals surface area (Å²) in [5, 5.41) is 38.1. The zero-order valence-corrected chi connectivity index (χ0v) is 60.0. The topological polar surface area (TPSA) is 336 Å². The van der Waals surface area contributed by atoms with Gasteiger partial charge in [0.05, 0.1) is 86.1 Å². The Kier molecular flexibility index (Phi) is 21.4. The number of nitrogens with one attached hydrogen (secondary N) is 5. The van der Waals surface area contributed by atoms with Crippen molar-refractivity contribution in [3.05, 3.63) is 279 Å². The van der Waals surface area contributed by atoms with E-state index in [1.165, 1.54) is 12.7 Å². The van der Waals surface area contributed by atoms with Gasteiger partial charge >= 0.3 is 0 Å². The van der Waals surface area contributed by atoms with Gasteiger partial charge in [-0.2, -0.15) is 45.7 Å². The summed E-state index contributed by atoms with van der Waals surface area (Å²) < 4.78 is 25.7. The molecule has 0 bridgehead atoms. The normalized spacial score (nSPS) is 10.7. The van der Waals surface area contributed by atoms with Crippen LogP contribution in [0.5, 0.6) is 40.6 Å². The van der Waals surface area contributed by atoms with Crippen LogP contribution in [0.25, 0.3) is 66.9 Å². The maximum absolute atomic E-state index is 9.12. The van der Waals surface area contributed by atoms with Crippen LogP contribution in [0.2, 0.25) is 25.1 Å². The first-order valence-corrected chi connectivity index (χ1v) is 34.2. The number of aromatic nitrogens is 15. The fraction of sp³-hybridized carbons (Fsp3) is 0.0385. The molecule has 0 amide bonds. The first-order valence-electron chi connectivity index (χ1n) is 32.3. The molecular weight excluding hydrogens is 1470 g/mol. The van der Waals surface area contributed by atoms with Gasteiger partial charge in [0.1, 0.15) is 16.8 Å². The number of fused-ring (bicyclic) bond motifs is 3. The van der Waals surface area contributed by atoms with Crippen molar-refractivity contribution in [1.82, 2.24) is 74.3 Å². The van der Waals surface area contributed by atoms with E-state index in [1.54, 1.807) is 148 Å². The molecule has 16 rings (SSSR count). The number of methoxy groups -OCH3 is 1. The van der Waals surface area contributed by atoms with Gasteiger partial charge in [-0.3, -0.25) is 15.0 Å². The van der Waals surface area contributed by atoms with Gasteiger partial charge in [0, 0.05) is 60.8 Å². The summed E-state index contributed by atoms with van der Waals surface area (Å²) in [6.07, 6.45) is 15.0. The minimum absolute atomic E-state index is 0.203. The number of ether oxygens (including phenoxy) is 4. The molecule has 25 nitrogen and oxygen atoms in total. The number of aryl methyl sites for hydroxylation is 1. The number of hydrogen-bond donors (Lipinski definition) is 5. The van der Waals surface area contributed by atoms with Crippen LogP contribution in [0.1, 0.15) is 27.8 Å². The highest BCUT2D eigenvalue weighted by atomic mass is 35.5. The van der Waals surface area contributed by atoms with E-state index in [-0.39, 0.29) is 41.0 Å². The minimum Gasteiger partial charge on any atom is -0.497 e. The maximum atomic E-state index is 9.12. The van der Waals surface area contributed by atoms with Crippen molar-refractivity contribution in [1.29, 1.82) is 15.8 Å². The Morgan fingerprint density at radius 3 is 1.16 bits per heavy atom. The third-order valence-electron chi connectivity index (χ3n) is 16.1. The van der Waals surface area contributed by atoms with Crippen LogP contribution < -0.4 is 34.9 Å². The Morgan fingerprint density at radius 2 is 0.769 bits per heavy atom. The Labute approximate surface area is 639 Å². The number of nitriles is 3. The summed E-state index contributed by atoms with van der Waals surface area (Å²) in [5.41, 5.74) is 13.9. The Bertz CT molecular complexity index is 5780. The van der Waals surface area contributed by atoms with E-state index in [0.29, 0.717) is 105 Å². The molecule has 5 N–H and O–H groups in total. The van der Waals surface area contributed by atoms with Crippen molar-refractivity contribution in [3.8, 4) is 92.2 Å². The lowest BCUT2D eigenvalue weighted by Crippen LogP contribution is -2.04. The smallest absolute Gasteiger partial charge is 0.250 e. The molecule has 0 fully saturated rings. The quantitative estimate of drug-likeness (QED) is 0.0533. The summed E-state index contributed by atoms with van der Waals surface area (Å²) in [6.45, 7) is 2.40. The van der Waals surface area contributed by atoms with Crippen LogP contribution in [0.3, 0.4) is 0 Å². The van der Waals surface area contributed by atoms with E-state index >= 15 is 0 Å². The SMILES string of the molecule is COc1ccc(Cn2cnc3nc(Nc4ccc(C#N)cc4)nc(Oc4c(Cl)cc(-c5ccncc5)cc4Cl)c32)cc1.Cc1cc(-c2ccncc2)cc(Cl)c1Oc1nc(Nc2ccc(C#N)cc2)nc2nc[nH]c12.N#Cc1ccc(Nc2nc(Oc3c(Cl)cc(-c4ccncc4)cc3Cl)c3[nH]cnc3n2)cc1. The van der Waals surface area contributed by atoms with Gasteiger partial charge in [-0.1, -0.05) is 70.1 Å². The molecule has 0 saturated carbocycles. The summed E-state index contributed by atoms with van der Waals surface area (Å²) >= 11 is 33.1. The zero-order valence-electron chi connectivity index (χ0n) is 56.2. The Balaban J connectivity index is 0.000000137. The molecule has 0 radical (unpaired) electrons. The van der Waals surface area contributed by atoms with E-state index in [9.17, 15) is 0 Å². The number of H-pyrrole nitrogens is 2. The second kappa shape index (κ2) is 32.4. The first kappa shape index (κ1) is 71.2. The number of aromatic amines is 2. The molecule has 0 atom stereocenters. The maximum Gasteiger partial charge on any atom is 0.250 e. The largest absolute Gasteiger partial charge is 0.497 e. The van der Waals surface area contributed by atoms with Crippen molar-refractivity contribution in [2.45, 2.75) is 13.5 Å². The number of anilines is 6. The van der Waals surface area contributed by atoms with Crippen molar-refractivity contribution >= 4 is 126 Å². The molecule has 526 valence electrons. The van der Waals surface area contributed by atoms with Crippen LogP contribution in [-0.2, 0) is 6.54 Å². The highest BCUT2D eigenvalue weighted by molar-refractivity contribution is 6.38. The molecule has 0 saturated heterocycles. The molecule has 0 aliphatic heterocycles. The number of imidazole rings is 3. The number of benzene rings is 7. The van der Waals surface area contributed by atoms with E-state index in [1.807, 2.05) is 84.3 Å². The first-order chi connectivity index (χ1) is 52.7. The Morgan fingerprint density at radius 1 is 0.407 bits per heavy atom. The lowest BCUT2D eigenvalue weighted by atomic mass is 10.0. The van der Waals surface area contributed by atoms with Gasteiger partial charge in [0.15, 0.2) is 39.7 Å². The van der Waals surface area contributed by atoms with Gasteiger partial charge in [-0.25, -0.2) is 15.0 Å². The summed E-state index contributed by atoms with van der Waals surface area (Å²) in [5.74, 6) is 3.27. The number of rotatable bonds is 18. The molecule has 0 aliphatic carbocycles. The van der Waals surface area contributed by atoms with Gasteiger partial charge in [-0.05, 0) is 209 Å². The fourth-order valence-electron chi connectivity index (χ4n) is 10.9. The number of hydrogen-bond acceptors (Lipinski definition) is 22. The molecule has 7 aromatic carbocycles. The molecular formula is C78H50Cl5N21O4. The van der Waals surface area contributed by atoms with Crippen LogP contribution in [0, 0.1) is 40.9 Å². The summed E-state index contributed by atoms with van der Waals surface area (Å²) in [4.78, 5) is 58.2. The third kappa shape index (κ3) is 16.5. The Hall–Kier alpha value is -13.8. The van der Waals surface area contributed by atoms with Crippen LogP contribution in [0.15, 0.2) is 226 Å². The molecule has 0 unspecified atom stereocenters. The zero-order chi connectivity index (χ0) is 74.6. The van der Waals surface area contributed by atoms with Gasteiger partial charge < -0.3 is 49.4 Å². The highest BCUT2D eigenvalue weighted by Crippen LogP contribution is 2.44. The summed E-state index contributed by atoms with van der Waals surface area (Å²) in [7, 11) is 1.63. The predicted octanol–water partition coefficient (Wildman–Crippen LogP) is 19.6. The van der Waals surface area contributed by atoms with E-state index < -0.39 is 0 Å². The van der Waals surface area contributed by atoms with Crippen molar-refractivity contribution in [3.63, 3.8) is 0 Å². The average Bonchev–Trinajstić information content (AvgIpc) is 1.53. The van der Waals surface area contributed by atoms with Crippen LogP contribution in [0.4, 0.5) is 34.9 Å². The lowest BCUT2D eigenvalue weighted by Gasteiger charge is -2.14. The fourth-order valence-corrected chi connectivity index (χ4v) is 12.3. The van der Waals surface area contributed by atoms with E-state index in [0.717, 1.165) is 55.9 Å². The van der Waals surface area contributed by atoms with Gasteiger partial charge in [0.25, 0.3) is 17.6 Å². The van der Waals surface area contributed by atoms with Gasteiger partial charge in [-0.15, -0.1) is 0 Å². The standard InChI is InChI=1S/C31H21Cl2N7O2.C24H16ClN7O.C23H13Cl2N7O/c1-41-24-8-4-20(5-9-24)17-40-18-36-29-27(40)30(39-31(38-29)37-23-6-2-19(16-34)3-7-23)42-28-25(32)14-22(15-26(28)33)21-10-12-35-13-11-21;1-14-10-17(16-6-8-27-9-7-16)11-19(25)21(14)33-23-20-22(29-13-28-20)31-24(32-23)30-18-4-2-15(12-26)3-5-18;24-17-9-15(14-5-7-27-8-6-14)10-18(25)20(17)33-22-19-21(29-12-28-19)31-23(32-22)30-16-3-1-13(11-26)2-4-16/h2-15,18H,17H2,1H3,(H,37,38,39);2-11,13H,1H3,(H2,28,29,30,31,32);1-10,12H,(H2,28,29,30,31,32). The average molecular weight is 1520 g/mol. The van der Waals surface area contributed by atoms with E-state index in [2.05, 4.69) is 104 Å².